The second kappa shape index (κ2) is 9.57. The van der Waals surface area contributed by atoms with Gasteiger partial charge in [0.05, 0.1) is 0 Å². The van der Waals surface area contributed by atoms with Crippen LogP contribution in [0.25, 0.3) is 0 Å². The molecule has 0 aliphatic heterocycles. The Morgan fingerprint density at radius 3 is 2.29 bits per heavy atom. The molecule has 1 atom stereocenters. The molecule has 0 fully saturated rings. The zero-order valence-corrected chi connectivity index (χ0v) is 16.9. The Morgan fingerprint density at radius 1 is 0.929 bits per heavy atom. The van der Waals surface area contributed by atoms with E-state index in [1.165, 1.54) is 0 Å². The van der Waals surface area contributed by atoms with Gasteiger partial charge in [0.15, 0.2) is 0 Å². The molecule has 3 rings (SSSR count). The van der Waals surface area contributed by atoms with Crippen molar-refractivity contribution in [3.63, 3.8) is 0 Å². The first-order valence-electron chi connectivity index (χ1n) is 9.45. The molecule has 28 heavy (non-hydrogen) atoms. The Morgan fingerprint density at radius 2 is 1.61 bits per heavy atom. The second-order valence-electron chi connectivity index (χ2n) is 7.17. The van der Waals surface area contributed by atoms with Crippen molar-refractivity contribution in [2.75, 3.05) is 0 Å². The van der Waals surface area contributed by atoms with Crippen molar-refractivity contribution in [2.45, 2.75) is 26.2 Å². The molecule has 3 aromatic carbocycles. The lowest BCUT2D eigenvalue weighted by Crippen LogP contribution is -2.05. The van der Waals surface area contributed by atoms with E-state index in [4.69, 9.17) is 16.3 Å². The highest BCUT2D eigenvalue weighted by Gasteiger charge is 2.15. The summed E-state index contributed by atoms with van der Waals surface area (Å²) < 4.78 is 20.7. The lowest BCUT2D eigenvalue weighted by molar-refractivity contribution is 0.481. The molecule has 3 aromatic rings. The van der Waals surface area contributed by atoms with Crippen LogP contribution < -0.4 is 4.74 Å². The van der Waals surface area contributed by atoms with Gasteiger partial charge in [-0.1, -0.05) is 67.9 Å². The minimum absolute atomic E-state index is 0.000943. The maximum atomic E-state index is 14.8. The molecule has 0 aliphatic rings. The molecule has 1 unspecified atom stereocenters. The minimum atomic E-state index is -0.148. The van der Waals surface area contributed by atoms with Crippen LogP contribution in [0.4, 0.5) is 4.39 Å². The van der Waals surface area contributed by atoms with E-state index in [9.17, 15) is 4.39 Å². The summed E-state index contributed by atoms with van der Waals surface area (Å²) >= 11 is 5.98. The van der Waals surface area contributed by atoms with Gasteiger partial charge in [0.2, 0.25) is 0 Å². The van der Waals surface area contributed by atoms with Crippen LogP contribution in [0.3, 0.4) is 0 Å². The molecule has 0 N–H and O–H groups in total. The number of rotatable bonds is 7. The van der Waals surface area contributed by atoms with E-state index in [0.29, 0.717) is 10.8 Å². The SMILES string of the molecule is CC(C)C(/C=C(/F)Cc1cccc(Oc2ccccc2)c1)c1ccc(Cl)cc1. The zero-order chi connectivity index (χ0) is 19.9. The number of ether oxygens (including phenoxy) is 1. The third kappa shape index (κ3) is 5.71. The third-order valence-electron chi connectivity index (χ3n) is 4.58. The predicted octanol–water partition coefficient (Wildman–Crippen LogP) is 7.97. The van der Waals surface area contributed by atoms with Crippen LogP contribution in [0.5, 0.6) is 11.5 Å². The number of benzene rings is 3. The summed E-state index contributed by atoms with van der Waals surface area (Å²) in [5.74, 6) is 1.60. The van der Waals surface area contributed by atoms with Gasteiger partial charge in [-0.05, 0) is 59.5 Å². The van der Waals surface area contributed by atoms with Gasteiger partial charge < -0.3 is 4.74 Å². The van der Waals surface area contributed by atoms with Crippen molar-refractivity contribution in [1.82, 2.24) is 0 Å². The first-order valence-corrected chi connectivity index (χ1v) is 9.82. The molecule has 1 nitrogen and oxygen atoms in total. The summed E-state index contributed by atoms with van der Waals surface area (Å²) in [6, 6.07) is 24.8. The molecular weight excluding hydrogens is 371 g/mol. The van der Waals surface area contributed by atoms with E-state index in [2.05, 4.69) is 13.8 Å². The molecule has 0 aromatic heterocycles. The Labute approximate surface area is 171 Å². The number of allylic oxidation sites excluding steroid dienone is 2. The third-order valence-corrected chi connectivity index (χ3v) is 4.84. The van der Waals surface area contributed by atoms with Crippen LogP contribution in [0.2, 0.25) is 5.02 Å². The highest BCUT2D eigenvalue weighted by atomic mass is 35.5. The zero-order valence-electron chi connectivity index (χ0n) is 16.1. The quantitative estimate of drug-likeness (QED) is 0.394. The number of para-hydroxylation sites is 1. The molecule has 0 radical (unpaired) electrons. The first kappa shape index (κ1) is 20.2. The van der Waals surface area contributed by atoms with Crippen LogP contribution in [-0.2, 0) is 6.42 Å². The van der Waals surface area contributed by atoms with Gasteiger partial charge in [-0.2, -0.15) is 0 Å². The van der Waals surface area contributed by atoms with E-state index >= 15 is 0 Å². The fourth-order valence-electron chi connectivity index (χ4n) is 3.15. The maximum Gasteiger partial charge on any atom is 0.127 e. The van der Waals surface area contributed by atoms with Crippen LogP contribution >= 0.6 is 11.6 Å². The van der Waals surface area contributed by atoms with E-state index in [-0.39, 0.29) is 24.1 Å². The highest BCUT2D eigenvalue weighted by molar-refractivity contribution is 6.30. The summed E-state index contributed by atoms with van der Waals surface area (Å²) in [7, 11) is 0. The first-order chi connectivity index (χ1) is 13.5. The van der Waals surface area contributed by atoms with E-state index < -0.39 is 0 Å². The van der Waals surface area contributed by atoms with Crippen molar-refractivity contribution in [3.05, 3.63) is 107 Å². The topological polar surface area (TPSA) is 9.23 Å². The molecule has 0 spiro atoms. The van der Waals surface area contributed by atoms with Crippen LogP contribution in [0.15, 0.2) is 90.8 Å². The van der Waals surface area contributed by atoms with Crippen LogP contribution in [0.1, 0.15) is 30.9 Å². The average molecular weight is 395 g/mol. The van der Waals surface area contributed by atoms with Crippen molar-refractivity contribution < 1.29 is 9.13 Å². The van der Waals surface area contributed by atoms with Gasteiger partial charge in [0.25, 0.3) is 0 Å². The minimum Gasteiger partial charge on any atom is -0.457 e. The maximum absolute atomic E-state index is 14.8. The highest BCUT2D eigenvalue weighted by Crippen LogP contribution is 2.30. The molecule has 0 aliphatic carbocycles. The standard InChI is InChI=1S/C25H24ClFO/c1-18(2)25(20-11-13-21(26)14-12-20)17-22(27)15-19-7-6-10-24(16-19)28-23-8-4-3-5-9-23/h3-14,16-18,25H,15H2,1-2H3/b22-17+. The summed E-state index contributed by atoms with van der Waals surface area (Å²) in [6.45, 7) is 4.19. The van der Waals surface area contributed by atoms with Crippen molar-refractivity contribution in [1.29, 1.82) is 0 Å². The van der Waals surface area contributed by atoms with Gasteiger partial charge in [0.1, 0.15) is 17.3 Å². The summed E-state index contributed by atoms with van der Waals surface area (Å²) in [5, 5.41) is 0.686. The average Bonchev–Trinajstić information content (AvgIpc) is 2.68. The molecule has 0 bridgehead atoms. The van der Waals surface area contributed by atoms with Crippen molar-refractivity contribution >= 4 is 11.6 Å². The Balaban J connectivity index is 1.74. The second-order valence-corrected chi connectivity index (χ2v) is 7.61. The van der Waals surface area contributed by atoms with Gasteiger partial charge in [0, 0.05) is 17.4 Å². The molecular formula is C25H24ClFO. The molecule has 0 amide bonds. The van der Waals surface area contributed by atoms with Gasteiger partial charge in [-0.15, -0.1) is 0 Å². The molecule has 0 heterocycles. The normalized spacial score (nSPS) is 12.8. The summed E-state index contributed by atoms with van der Waals surface area (Å²) in [6.07, 6.45) is 1.96. The fourth-order valence-corrected chi connectivity index (χ4v) is 3.28. The van der Waals surface area contributed by atoms with Crippen LogP contribution in [-0.4, -0.2) is 0 Å². The van der Waals surface area contributed by atoms with E-state index in [1.54, 1.807) is 6.08 Å². The molecule has 144 valence electrons. The van der Waals surface area contributed by atoms with E-state index in [0.717, 1.165) is 16.9 Å². The number of halogens is 2. The Kier molecular flexibility index (Phi) is 6.89. The van der Waals surface area contributed by atoms with E-state index in [1.807, 2.05) is 78.9 Å². The molecule has 0 saturated carbocycles. The fraction of sp³-hybridized carbons (Fsp3) is 0.200. The lowest BCUT2D eigenvalue weighted by atomic mass is 9.87. The molecule has 3 heteroatoms. The lowest BCUT2D eigenvalue weighted by Gasteiger charge is -2.18. The number of hydrogen-bond donors (Lipinski definition) is 0. The van der Waals surface area contributed by atoms with Gasteiger partial charge in [-0.25, -0.2) is 4.39 Å². The summed E-state index contributed by atoms with van der Waals surface area (Å²) in [5.41, 5.74) is 1.94. The Bertz CT molecular complexity index is 917. The number of hydrogen-bond acceptors (Lipinski definition) is 1. The smallest absolute Gasteiger partial charge is 0.127 e. The van der Waals surface area contributed by atoms with Crippen LogP contribution in [0, 0.1) is 5.92 Å². The molecule has 0 saturated heterocycles. The van der Waals surface area contributed by atoms with Gasteiger partial charge in [-0.3, -0.25) is 0 Å². The van der Waals surface area contributed by atoms with Gasteiger partial charge >= 0.3 is 0 Å². The largest absolute Gasteiger partial charge is 0.457 e. The van der Waals surface area contributed by atoms with Crippen molar-refractivity contribution in [3.8, 4) is 11.5 Å². The van der Waals surface area contributed by atoms with Crippen molar-refractivity contribution in [2.24, 2.45) is 5.92 Å². The Hall–Kier alpha value is -2.58. The summed E-state index contributed by atoms with van der Waals surface area (Å²) in [4.78, 5) is 0. The monoisotopic (exact) mass is 394 g/mol. The predicted molar refractivity (Wildman–Crippen MR) is 115 cm³/mol.